The highest BCUT2D eigenvalue weighted by Gasteiger charge is 1.93. The molecule has 0 amide bonds. The molecule has 0 spiro atoms. The summed E-state index contributed by atoms with van der Waals surface area (Å²) in [6, 6.07) is 18.7. The van der Waals surface area contributed by atoms with Crippen LogP contribution in [0.25, 0.3) is 0 Å². The van der Waals surface area contributed by atoms with E-state index in [0.29, 0.717) is 0 Å². The van der Waals surface area contributed by atoms with Gasteiger partial charge in [0.1, 0.15) is 0 Å². The third-order valence-corrected chi connectivity index (χ3v) is 3.17. The standard InChI is InChI=1S/C18H21N/c1-2-3-5-8-16-11-13-17(14-12-16)15-19-18-9-6-4-7-10-18/h4,6-7,9-15H,2-3,5,8H2,1H3. The first-order valence-corrected chi connectivity index (χ1v) is 7.06. The molecular weight excluding hydrogens is 230 g/mol. The summed E-state index contributed by atoms with van der Waals surface area (Å²) in [4.78, 5) is 4.46. The molecule has 0 unspecified atom stereocenters. The van der Waals surface area contributed by atoms with Crippen molar-refractivity contribution in [3.8, 4) is 0 Å². The summed E-state index contributed by atoms with van der Waals surface area (Å²) in [5.74, 6) is 0. The lowest BCUT2D eigenvalue weighted by molar-refractivity contribution is 0.717. The fourth-order valence-corrected chi connectivity index (χ4v) is 2.01. The fraction of sp³-hybridized carbons (Fsp3) is 0.278. The minimum absolute atomic E-state index is 0.995. The van der Waals surface area contributed by atoms with Crippen molar-refractivity contribution < 1.29 is 0 Å². The highest BCUT2D eigenvalue weighted by atomic mass is 14.7. The lowest BCUT2D eigenvalue weighted by atomic mass is 10.1. The van der Waals surface area contributed by atoms with E-state index in [1.54, 1.807) is 0 Å². The van der Waals surface area contributed by atoms with Crippen LogP contribution in [0.3, 0.4) is 0 Å². The van der Waals surface area contributed by atoms with Crippen LogP contribution in [0.15, 0.2) is 59.6 Å². The lowest BCUT2D eigenvalue weighted by Gasteiger charge is -2.01. The van der Waals surface area contributed by atoms with Crippen LogP contribution in [0, 0.1) is 0 Å². The monoisotopic (exact) mass is 251 g/mol. The Hall–Kier alpha value is -1.89. The number of benzene rings is 2. The Morgan fingerprint density at radius 3 is 2.32 bits per heavy atom. The van der Waals surface area contributed by atoms with E-state index < -0.39 is 0 Å². The smallest absolute Gasteiger partial charge is 0.0629 e. The average Bonchev–Trinajstić information content (AvgIpc) is 2.48. The minimum Gasteiger partial charge on any atom is -0.256 e. The van der Waals surface area contributed by atoms with Crippen molar-refractivity contribution in [1.29, 1.82) is 0 Å². The number of aliphatic imine (C=N–C) groups is 1. The molecule has 19 heavy (non-hydrogen) atoms. The van der Waals surface area contributed by atoms with E-state index in [1.165, 1.54) is 31.2 Å². The molecule has 0 saturated carbocycles. The van der Waals surface area contributed by atoms with Crippen LogP contribution in [0.2, 0.25) is 0 Å². The second kappa shape index (κ2) is 7.52. The molecule has 0 bridgehead atoms. The van der Waals surface area contributed by atoms with Gasteiger partial charge in [0.15, 0.2) is 0 Å². The molecule has 0 aromatic heterocycles. The molecule has 2 aromatic carbocycles. The van der Waals surface area contributed by atoms with Gasteiger partial charge in [-0.2, -0.15) is 0 Å². The van der Waals surface area contributed by atoms with Gasteiger partial charge in [0, 0.05) is 6.21 Å². The summed E-state index contributed by atoms with van der Waals surface area (Å²) >= 11 is 0. The Balaban J connectivity index is 1.93. The van der Waals surface area contributed by atoms with Crippen molar-refractivity contribution >= 4 is 11.9 Å². The lowest BCUT2D eigenvalue weighted by Crippen LogP contribution is -1.87. The number of hydrogen-bond acceptors (Lipinski definition) is 1. The van der Waals surface area contributed by atoms with E-state index in [9.17, 15) is 0 Å². The van der Waals surface area contributed by atoms with Gasteiger partial charge >= 0.3 is 0 Å². The Morgan fingerprint density at radius 1 is 0.895 bits per heavy atom. The highest BCUT2D eigenvalue weighted by Crippen LogP contribution is 2.11. The highest BCUT2D eigenvalue weighted by molar-refractivity contribution is 5.81. The zero-order valence-corrected chi connectivity index (χ0v) is 11.5. The Labute approximate surface area is 116 Å². The van der Waals surface area contributed by atoms with Crippen molar-refractivity contribution in [1.82, 2.24) is 0 Å². The SMILES string of the molecule is CCCCCc1ccc(C=Nc2ccccc2)cc1. The summed E-state index contributed by atoms with van der Waals surface area (Å²) in [5.41, 5.74) is 3.57. The number of unbranched alkanes of at least 4 members (excludes halogenated alkanes) is 2. The molecule has 2 rings (SSSR count). The largest absolute Gasteiger partial charge is 0.256 e. The van der Waals surface area contributed by atoms with E-state index in [2.05, 4.69) is 36.2 Å². The van der Waals surface area contributed by atoms with Gasteiger partial charge in [-0.15, -0.1) is 0 Å². The molecule has 0 aliphatic rings. The number of nitrogens with zero attached hydrogens (tertiary/aromatic N) is 1. The maximum Gasteiger partial charge on any atom is 0.0629 e. The predicted octanol–water partition coefficient (Wildman–Crippen LogP) is 5.17. The van der Waals surface area contributed by atoms with Crippen LogP contribution < -0.4 is 0 Å². The summed E-state index contributed by atoms with van der Waals surface area (Å²) in [6.45, 7) is 2.24. The molecular formula is C18H21N. The predicted molar refractivity (Wildman–Crippen MR) is 83.4 cm³/mol. The number of rotatable bonds is 6. The first kappa shape index (κ1) is 13.5. The maximum atomic E-state index is 4.46. The average molecular weight is 251 g/mol. The fourth-order valence-electron chi connectivity index (χ4n) is 2.01. The van der Waals surface area contributed by atoms with Crippen molar-refractivity contribution in [2.75, 3.05) is 0 Å². The summed E-state index contributed by atoms with van der Waals surface area (Å²) in [6.07, 6.45) is 6.99. The molecule has 98 valence electrons. The van der Waals surface area contributed by atoms with Crippen LogP contribution in [-0.4, -0.2) is 6.21 Å². The van der Waals surface area contributed by atoms with E-state index in [4.69, 9.17) is 0 Å². The number of para-hydroxylation sites is 1. The summed E-state index contributed by atoms with van der Waals surface area (Å²) in [5, 5.41) is 0. The van der Waals surface area contributed by atoms with Gasteiger partial charge in [0.05, 0.1) is 5.69 Å². The van der Waals surface area contributed by atoms with Crippen LogP contribution >= 0.6 is 0 Å². The molecule has 0 fully saturated rings. The topological polar surface area (TPSA) is 12.4 Å². The van der Waals surface area contributed by atoms with E-state index in [-0.39, 0.29) is 0 Å². The zero-order chi connectivity index (χ0) is 13.3. The van der Waals surface area contributed by atoms with Crippen LogP contribution in [-0.2, 0) is 6.42 Å². The van der Waals surface area contributed by atoms with Crippen LogP contribution in [0.4, 0.5) is 5.69 Å². The van der Waals surface area contributed by atoms with Gasteiger partial charge in [0.2, 0.25) is 0 Å². The zero-order valence-electron chi connectivity index (χ0n) is 11.5. The quantitative estimate of drug-likeness (QED) is 0.496. The van der Waals surface area contributed by atoms with Gasteiger partial charge in [-0.1, -0.05) is 62.2 Å². The number of aryl methyl sites for hydroxylation is 1. The molecule has 0 atom stereocenters. The maximum absolute atomic E-state index is 4.46. The molecule has 0 saturated heterocycles. The normalized spacial score (nSPS) is 11.0. The minimum atomic E-state index is 0.995. The third kappa shape index (κ3) is 4.70. The van der Waals surface area contributed by atoms with Gasteiger partial charge in [-0.05, 0) is 36.1 Å². The molecule has 1 nitrogen and oxygen atoms in total. The van der Waals surface area contributed by atoms with E-state index >= 15 is 0 Å². The molecule has 0 aliphatic carbocycles. The van der Waals surface area contributed by atoms with E-state index in [0.717, 1.165) is 11.3 Å². The molecule has 2 aromatic rings. The van der Waals surface area contributed by atoms with Crippen LogP contribution in [0.1, 0.15) is 37.3 Å². The Kier molecular flexibility index (Phi) is 5.36. The van der Waals surface area contributed by atoms with Gasteiger partial charge in [-0.3, -0.25) is 4.99 Å². The summed E-state index contributed by atoms with van der Waals surface area (Å²) in [7, 11) is 0. The van der Waals surface area contributed by atoms with Crippen molar-refractivity contribution in [3.05, 3.63) is 65.7 Å². The molecule has 0 heterocycles. The first-order valence-electron chi connectivity index (χ1n) is 7.06. The van der Waals surface area contributed by atoms with E-state index in [1.807, 2.05) is 36.5 Å². The molecule has 0 N–H and O–H groups in total. The Morgan fingerprint density at radius 2 is 1.63 bits per heavy atom. The molecule has 1 heteroatoms. The van der Waals surface area contributed by atoms with Gasteiger partial charge < -0.3 is 0 Å². The number of hydrogen-bond donors (Lipinski definition) is 0. The molecule has 0 radical (unpaired) electrons. The van der Waals surface area contributed by atoms with Crippen molar-refractivity contribution in [3.63, 3.8) is 0 Å². The summed E-state index contributed by atoms with van der Waals surface area (Å²) < 4.78 is 0. The first-order chi connectivity index (χ1) is 9.38. The van der Waals surface area contributed by atoms with Gasteiger partial charge in [-0.25, -0.2) is 0 Å². The molecule has 0 aliphatic heterocycles. The van der Waals surface area contributed by atoms with Crippen molar-refractivity contribution in [2.45, 2.75) is 32.6 Å². The van der Waals surface area contributed by atoms with Gasteiger partial charge in [0.25, 0.3) is 0 Å². The second-order valence-corrected chi connectivity index (χ2v) is 4.79. The van der Waals surface area contributed by atoms with Crippen molar-refractivity contribution in [2.24, 2.45) is 4.99 Å². The third-order valence-electron chi connectivity index (χ3n) is 3.17. The Bertz CT molecular complexity index is 497. The second-order valence-electron chi connectivity index (χ2n) is 4.79. The van der Waals surface area contributed by atoms with Crippen LogP contribution in [0.5, 0.6) is 0 Å².